The second kappa shape index (κ2) is 9.10. The maximum Gasteiger partial charge on any atom is 0.326 e. The summed E-state index contributed by atoms with van der Waals surface area (Å²) in [6.45, 7) is 0.151. The number of halogens is 2. The van der Waals surface area contributed by atoms with Crippen LogP contribution in [-0.4, -0.2) is 35.5 Å². The molecule has 1 saturated heterocycles. The molecule has 0 spiro atoms. The summed E-state index contributed by atoms with van der Waals surface area (Å²) in [5, 5.41) is 3.24. The Hall–Kier alpha value is -3.22. The highest BCUT2D eigenvalue weighted by molar-refractivity contribution is 6.31. The number of rotatable bonds is 7. The van der Waals surface area contributed by atoms with Gasteiger partial charge < -0.3 is 5.32 Å². The minimum absolute atomic E-state index is 0.00129. The number of amides is 3. The van der Waals surface area contributed by atoms with Crippen molar-refractivity contribution in [2.24, 2.45) is 0 Å². The Balaban J connectivity index is 1.61. The van der Waals surface area contributed by atoms with Gasteiger partial charge in [0.05, 0.1) is 6.67 Å². The lowest BCUT2D eigenvalue weighted by Crippen LogP contribution is -2.46. The molecule has 0 radical (unpaired) electrons. The van der Waals surface area contributed by atoms with Gasteiger partial charge in [0.25, 0.3) is 5.91 Å². The van der Waals surface area contributed by atoms with E-state index in [-0.39, 0.29) is 19.1 Å². The first-order valence-corrected chi connectivity index (χ1v) is 10.6. The van der Waals surface area contributed by atoms with Crippen LogP contribution in [-0.2, 0) is 23.3 Å². The lowest BCUT2D eigenvalue weighted by molar-refractivity contribution is -0.133. The highest BCUT2D eigenvalue weighted by Gasteiger charge is 2.52. The first kappa shape index (κ1) is 22.0. The van der Waals surface area contributed by atoms with Crippen molar-refractivity contribution < 1.29 is 14.0 Å². The van der Waals surface area contributed by atoms with Crippen molar-refractivity contribution in [2.75, 3.05) is 13.7 Å². The predicted molar refractivity (Wildman–Crippen MR) is 121 cm³/mol. The molecule has 32 heavy (non-hydrogen) atoms. The molecule has 1 aliphatic heterocycles. The number of urea groups is 1. The molecule has 1 atom stereocenters. The molecule has 3 aromatic carbocycles. The third-order valence-electron chi connectivity index (χ3n) is 5.63. The Morgan fingerprint density at radius 2 is 1.62 bits per heavy atom. The van der Waals surface area contributed by atoms with E-state index in [2.05, 4.69) is 5.32 Å². The van der Waals surface area contributed by atoms with Gasteiger partial charge in [-0.3, -0.25) is 9.69 Å². The molecular weight excluding hydrogens is 429 g/mol. The highest BCUT2D eigenvalue weighted by atomic mass is 35.5. The van der Waals surface area contributed by atoms with Crippen LogP contribution in [0.25, 0.3) is 0 Å². The Morgan fingerprint density at radius 3 is 2.28 bits per heavy atom. The summed E-state index contributed by atoms with van der Waals surface area (Å²) in [5.74, 6) is -0.770. The van der Waals surface area contributed by atoms with Crippen LogP contribution in [0.1, 0.15) is 16.7 Å². The fraction of sp³-hybridized carbons (Fsp3) is 0.200. The standard InChI is InChI=1S/C25H23ClFN3O2/c1-29(16-20-21(26)13-8-14-22(20)27)17-30-23(31)25(28-24(30)32,19-11-6-3-7-12-19)15-18-9-4-2-5-10-18/h2-14H,15-17H2,1H3,(H,28,32)/t25-/m1/s1. The number of carbonyl (C=O) groups excluding carboxylic acids is 2. The SMILES string of the molecule is CN(Cc1c(F)cccc1Cl)CN1C(=O)N[C@](Cc2ccccc2)(c2ccccc2)C1=O. The number of carbonyl (C=O) groups is 2. The van der Waals surface area contributed by atoms with Gasteiger partial charge >= 0.3 is 6.03 Å². The molecule has 5 nitrogen and oxygen atoms in total. The smallest absolute Gasteiger partial charge is 0.319 e. The minimum atomic E-state index is -1.21. The molecule has 4 rings (SSSR count). The summed E-state index contributed by atoms with van der Waals surface area (Å²) in [4.78, 5) is 29.5. The normalized spacial score (nSPS) is 18.3. The van der Waals surface area contributed by atoms with Gasteiger partial charge in [0.2, 0.25) is 0 Å². The van der Waals surface area contributed by atoms with Crippen molar-refractivity contribution >= 4 is 23.5 Å². The van der Waals surface area contributed by atoms with Crippen molar-refractivity contribution in [2.45, 2.75) is 18.5 Å². The van der Waals surface area contributed by atoms with Crippen LogP contribution in [0.4, 0.5) is 9.18 Å². The largest absolute Gasteiger partial charge is 0.326 e. The zero-order valence-corrected chi connectivity index (χ0v) is 18.3. The predicted octanol–water partition coefficient (Wildman–Crippen LogP) is 4.56. The summed E-state index contributed by atoms with van der Waals surface area (Å²) in [7, 11) is 1.71. The fourth-order valence-corrected chi connectivity index (χ4v) is 4.26. The van der Waals surface area contributed by atoms with Crippen molar-refractivity contribution in [3.05, 3.63) is 106 Å². The molecule has 3 amide bonds. The van der Waals surface area contributed by atoms with Crippen LogP contribution in [0.3, 0.4) is 0 Å². The van der Waals surface area contributed by atoms with Gasteiger partial charge in [-0.1, -0.05) is 78.3 Å². The molecule has 0 aliphatic carbocycles. The van der Waals surface area contributed by atoms with Gasteiger partial charge in [0.15, 0.2) is 5.54 Å². The third-order valence-corrected chi connectivity index (χ3v) is 5.98. The van der Waals surface area contributed by atoms with Crippen molar-refractivity contribution in [3.63, 3.8) is 0 Å². The Kier molecular flexibility index (Phi) is 6.26. The van der Waals surface area contributed by atoms with E-state index in [1.807, 2.05) is 60.7 Å². The molecule has 0 bridgehead atoms. The van der Waals surface area contributed by atoms with Crippen LogP contribution in [0.5, 0.6) is 0 Å². The number of nitrogens with zero attached hydrogens (tertiary/aromatic N) is 2. The number of nitrogens with one attached hydrogen (secondary N) is 1. The third kappa shape index (κ3) is 4.24. The summed E-state index contributed by atoms with van der Waals surface area (Å²) in [6, 6.07) is 22.8. The molecule has 1 aliphatic rings. The van der Waals surface area contributed by atoms with E-state index in [1.165, 1.54) is 17.0 Å². The Bertz CT molecular complexity index is 1110. The molecule has 0 saturated carbocycles. The van der Waals surface area contributed by atoms with Gasteiger partial charge in [-0.05, 0) is 30.3 Å². The topological polar surface area (TPSA) is 52.6 Å². The highest BCUT2D eigenvalue weighted by Crippen LogP contribution is 2.33. The van der Waals surface area contributed by atoms with Crippen molar-refractivity contribution in [1.29, 1.82) is 0 Å². The summed E-state index contributed by atoms with van der Waals surface area (Å²) in [6.07, 6.45) is 0.321. The number of hydrogen-bond acceptors (Lipinski definition) is 3. The number of benzene rings is 3. The monoisotopic (exact) mass is 451 g/mol. The van der Waals surface area contributed by atoms with E-state index in [1.54, 1.807) is 18.0 Å². The van der Waals surface area contributed by atoms with E-state index < -0.39 is 17.4 Å². The zero-order chi connectivity index (χ0) is 22.7. The molecule has 3 aromatic rings. The number of hydrogen-bond donors (Lipinski definition) is 1. The van der Waals surface area contributed by atoms with Crippen molar-refractivity contribution in [1.82, 2.24) is 15.1 Å². The quantitative estimate of drug-likeness (QED) is 0.536. The van der Waals surface area contributed by atoms with Crippen LogP contribution >= 0.6 is 11.6 Å². The second-order valence-corrected chi connectivity index (χ2v) is 8.36. The van der Waals surface area contributed by atoms with E-state index >= 15 is 0 Å². The van der Waals surface area contributed by atoms with Crippen LogP contribution in [0, 0.1) is 5.82 Å². The lowest BCUT2D eigenvalue weighted by Gasteiger charge is -2.28. The average molecular weight is 452 g/mol. The van der Waals surface area contributed by atoms with Gasteiger partial charge in [-0.15, -0.1) is 0 Å². The van der Waals surface area contributed by atoms with Crippen LogP contribution in [0.2, 0.25) is 5.02 Å². The second-order valence-electron chi connectivity index (χ2n) is 7.95. The molecule has 0 aromatic heterocycles. The van der Waals surface area contributed by atoms with Gasteiger partial charge in [-0.25, -0.2) is 14.1 Å². The number of imide groups is 1. The average Bonchev–Trinajstić information content (AvgIpc) is 3.02. The lowest BCUT2D eigenvalue weighted by atomic mass is 9.83. The first-order valence-electron chi connectivity index (χ1n) is 10.3. The molecule has 0 unspecified atom stereocenters. The van der Waals surface area contributed by atoms with Crippen LogP contribution < -0.4 is 5.32 Å². The van der Waals surface area contributed by atoms with E-state index in [0.29, 0.717) is 22.6 Å². The van der Waals surface area contributed by atoms with Crippen LogP contribution in [0.15, 0.2) is 78.9 Å². The molecule has 1 N–H and O–H groups in total. The zero-order valence-electron chi connectivity index (χ0n) is 17.6. The molecule has 164 valence electrons. The summed E-state index contributed by atoms with van der Waals surface area (Å²) < 4.78 is 14.2. The molecule has 7 heteroatoms. The van der Waals surface area contributed by atoms with E-state index in [0.717, 1.165) is 5.56 Å². The Morgan fingerprint density at radius 1 is 0.969 bits per heavy atom. The molecule has 1 heterocycles. The van der Waals surface area contributed by atoms with Gasteiger partial charge in [0.1, 0.15) is 5.82 Å². The first-order chi connectivity index (χ1) is 15.4. The Labute approximate surface area is 191 Å². The summed E-state index contributed by atoms with van der Waals surface area (Å²) >= 11 is 6.14. The fourth-order valence-electron chi connectivity index (χ4n) is 4.04. The molecule has 1 fully saturated rings. The van der Waals surface area contributed by atoms with E-state index in [4.69, 9.17) is 11.6 Å². The van der Waals surface area contributed by atoms with Crippen molar-refractivity contribution in [3.8, 4) is 0 Å². The maximum absolute atomic E-state index is 14.2. The maximum atomic E-state index is 14.2. The van der Waals surface area contributed by atoms with Gasteiger partial charge in [0, 0.05) is 23.6 Å². The van der Waals surface area contributed by atoms with E-state index in [9.17, 15) is 14.0 Å². The molecular formula is C25H23ClFN3O2. The van der Waals surface area contributed by atoms with Gasteiger partial charge in [-0.2, -0.15) is 0 Å². The minimum Gasteiger partial charge on any atom is -0.319 e. The summed E-state index contributed by atoms with van der Waals surface area (Å²) in [5.41, 5.74) is 0.751.